The Hall–Kier alpha value is -4.33. The highest BCUT2D eigenvalue weighted by Crippen LogP contribution is 2.44. The second-order valence-corrected chi connectivity index (χ2v) is 8.19. The van der Waals surface area contributed by atoms with Crippen molar-refractivity contribution in [1.29, 1.82) is 0 Å². The van der Waals surface area contributed by atoms with E-state index in [1.54, 1.807) is 31.4 Å². The van der Waals surface area contributed by atoms with Crippen LogP contribution in [0.15, 0.2) is 72.8 Å². The molecule has 0 radical (unpaired) electrons. The van der Waals surface area contributed by atoms with Crippen molar-refractivity contribution in [2.45, 2.75) is 24.9 Å². The molecule has 0 aliphatic heterocycles. The van der Waals surface area contributed by atoms with Crippen LogP contribution < -0.4 is 15.4 Å². The summed E-state index contributed by atoms with van der Waals surface area (Å²) in [5, 5.41) is 14.3. The molecule has 8 heteroatoms. The van der Waals surface area contributed by atoms with E-state index in [1.807, 2.05) is 48.5 Å². The van der Waals surface area contributed by atoms with Crippen molar-refractivity contribution in [3.05, 3.63) is 89.5 Å². The molecule has 0 bridgehead atoms. The molecule has 0 heterocycles. The molecule has 8 nitrogen and oxygen atoms in total. The maximum Gasteiger partial charge on any atom is 0.407 e. The molecule has 3 aromatic rings. The summed E-state index contributed by atoms with van der Waals surface area (Å²) >= 11 is 0. The first-order chi connectivity index (χ1) is 17.0. The van der Waals surface area contributed by atoms with Gasteiger partial charge >= 0.3 is 12.1 Å². The van der Waals surface area contributed by atoms with Crippen LogP contribution in [0.25, 0.3) is 11.1 Å². The molecule has 3 aromatic carbocycles. The maximum absolute atomic E-state index is 12.6. The number of hydrogen-bond donors (Lipinski definition) is 3. The predicted octanol–water partition coefficient (Wildman–Crippen LogP) is 3.69. The lowest BCUT2D eigenvalue weighted by Gasteiger charge is -2.19. The van der Waals surface area contributed by atoms with Crippen molar-refractivity contribution < 1.29 is 29.0 Å². The molecule has 180 valence electrons. The lowest BCUT2D eigenvalue weighted by Crippen LogP contribution is -2.48. The number of benzene rings is 3. The van der Waals surface area contributed by atoms with Crippen molar-refractivity contribution in [2.75, 3.05) is 13.7 Å². The van der Waals surface area contributed by atoms with Crippen LogP contribution in [-0.2, 0) is 20.9 Å². The molecule has 1 aliphatic carbocycles. The summed E-state index contributed by atoms with van der Waals surface area (Å²) in [7, 11) is 1.56. The zero-order valence-electron chi connectivity index (χ0n) is 19.2. The number of amides is 2. The number of carbonyl (C=O) groups excluding carboxylic acids is 2. The lowest BCUT2D eigenvalue weighted by atomic mass is 9.98. The first kappa shape index (κ1) is 23.8. The smallest absolute Gasteiger partial charge is 0.407 e. The molecule has 0 aromatic heterocycles. The summed E-state index contributed by atoms with van der Waals surface area (Å²) in [6.07, 6.45) is -1.42. The second-order valence-electron chi connectivity index (χ2n) is 8.19. The third-order valence-electron chi connectivity index (χ3n) is 5.96. The Kier molecular flexibility index (Phi) is 7.30. The van der Waals surface area contributed by atoms with Crippen LogP contribution in [-0.4, -0.2) is 42.8 Å². The van der Waals surface area contributed by atoms with Gasteiger partial charge in [0.2, 0.25) is 5.91 Å². The van der Waals surface area contributed by atoms with Crippen LogP contribution in [0.1, 0.15) is 29.0 Å². The molecule has 1 atom stereocenters. The van der Waals surface area contributed by atoms with Crippen molar-refractivity contribution in [3.63, 3.8) is 0 Å². The highest BCUT2D eigenvalue weighted by molar-refractivity contribution is 5.89. The third kappa shape index (κ3) is 5.60. The topological polar surface area (TPSA) is 114 Å². The molecule has 1 unspecified atom stereocenters. The molecule has 2 amide bonds. The first-order valence-electron chi connectivity index (χ1n) is 11.2. The SMILES string of the molecule is COc1ccc(CNC(=O)C(CC(=O)O)NC(=O)OCC2c3ccccc3-c3ccccc32)cc1. The summed E-state index contributed by atoms with van der Waals surface area (Å²) in [5.74, 6) is -1.29. The van der Waals surface area contributed by atoms with E-state index in [1.165, 1.54) is 0 Å². The van der Waals surface area contributed by atoms with Gasteiger partial charge in [0.25, 0.3) is 0 Å². The van der Waals surface area contributed by atoms with Gasteiger partial charge in [0.15, 0.2) is 0 Å². The molecule has 4 rings (SSSR count). The Labute approximate surface area is 202 Å². The van der Waals surface area contributed by atoms with Gasteiger partial charge in [-0.2, -0.15) is 0 Å². The fourth-order valence-corrected chi connectivity index (χ4v) is 4.22. The highest BCUT2D eigenvalue weighted by atomic mass is 16.5. The minimum Gasteiger partial charge on any atom is -0.497 e. The fraction of sp³-hybridized carbons (Fsp3) is 0.222. The van der Waals surface area contributed by atoms with E-state index in [-0.39, 0.29) is 19.1 Å². The van der Waals surface area contributed by atoms with E-state index >= 15 is 0 Å². The van der Waals surface area contributed by atoms with Crippen LogP contribution >= 0.6 is 0 Å². The molecule has 35 heavy (non-hydrogen) atoms. The van der Waals surface area contributed by atoms with Crippen molar-refractivity contribution in [3.8, 4) is 16.9 Å². The minimum absolute atomic E-state index is 0.0626. The van der Waals surface area contributed by atoms with E-state index in [2.05, 4.69) is 10.6 Å². The Morgan fingerprint density at radius 1 is 0.914 bits per heavy atom. The lowest BCUT2D eigenvalue weighted by molar-refractivity contribution is -0.139. The molecule has 0 fully saturated rings. The minimum atomic E-state index is -1.28. The van der Waals surface area contributed by atoms with Gasteiger partial charge in [-0.05, 0) is 39.9 Å². The van der Waals surface area contributed by atoms with E-state index < -0.39 is 30.4 Å². The molecular weight excluding hydrogens is 448 g/mol. The highest BCUT2D eigenvalue weighted by Gasteiger charge is 2.30. The van der Waals surface area contributed by atoms with Crippen molar-refractivity contribution in [1.82, 2.24) is 10.6 Å². The first-order valence-corrected chi connectivity index (χ1v) is 11.2. The number of alkyl carbamates (subject to hydrolysis) is 1. The van der Waals surface area contributed by atoms with Crippen LogP contribution in [0.2, 0.25) is 0 Å². The summed E-state index contributed by atoms with van der Waals surface area (Å²) in [6, 6.07) is 21.7. The number of carboxylic acid groups (broad SMARTS) is 1. The molecule has 3 N–H and O–H groups in total. The Morgan fingerprint density at radius 3 is 2.09 bits per heavy atom. The largest absolute Gasteiger partial charge is 0.497 e. The van der Waals surface area contributed by atoms with E-state index in [9.17, 15) is 19.5 Å². The van der Waals surface area contributed by atoms with Gasteiger partial charge in [-0.25, -0.2) is 4.79 Å². The summed E-state index contributed by atoms with van der Waals surface area (Å²) in [4.78, 5) is 36.5. The van der Waals surface area contributed by atoms with Crippen LogP contribution in [0.4, 0.5) is 4.79 Å². The van der Waals surface area contributed by atoms with Gasteiger partial charge in [0, 0.05) is 12.5 Å². The summed E-state index contributed by atoms with van der Waals surface area (Å²) < 4.78 is 10.6. The van der Waals surface area contributed by atoms with Crippen molar-refractivity contribution in [2.24, 2.45) is 0 Å². The van der Waals surface area contributed by atoms with E-state index in [0.29, 0.717) is 5.75 Å². The number of carbonyl (C=O) groups is 3. The van der Waals surface area contributed by atoms with Gasteiger partial charge < -0.3 is 25.2 Å². The number of methoxy groups -OCH3 is 1. The number of ether oxygens (including phenoxy) is 2. The molecule has 0 saturated heterocycles. The third-order valence-corrected chi connectivity index (χ3v) is 5.96. The number of fused-ring (bicyclic) bond motifs is 3. The van der Waals surface area contributed by atoms with Gasteiger partial charge in [-0.3, -0.25) is 9.59 Å². The number of aliphatic carboxylic acids is 1. The number of rotatable bonds is 9. The zero-order valence-corrected chi connectivity index (χ0v) is 19.2. The fourth-order valence-electron chi connectivity index (χ4n) is 4.22. The Morgan fingerprint density at radius 2 is 1.51 bits per heavy atom. The molecule has 1 aliphatic rings. The normalized spacial score (nSPS) is 12.7. The molecule has 0 spiro atoms. The Bertz CT molecular complexity index is 1180. The number of hydrogen-bond acceptors (Lipinski definition) is 5. The molecule has 0 saturated carbocycles. The number of carboxylic acids is 1. The van der Waals surface area contributed by atoms with Gasteiger partial charge in [0.05, 0.1) is 13.5 Å². The zero-order chi connectivity index (χ0) is 24.8. The monoisotopic (exact) mass is 474 g/mol. The maximum atomic E-state index is 12.6. The van der Waals surface area contributed by atoms with E-state index in [4.69, 9.17) is 9.47 Å². The molecular formula is C27H26N2O6. The van der Waals surface area contributed by atoms with Gasteiger partial charge in [0.1, 0.15) is 18.4 Å². The number of nitrogens with one attached hydrogen (secondary N) is 2. The van der Waals surface area contributed by atoms with Gasteiger partial charge in [-0.15, -0.1) is 0 Å². The average Bonchev–Trinajstić information content (AvgIpc) is 3.19. The second kappa shape index (κ2) is 10.7. The van der Waals surface area contributed by atoms with Crippen LogP contribution in [0, 0.1) is 0 Å². The van der Waals surface area contributed by atoms with Crippen LogP contribution in [0.5, 0.6) is 5.75 Å². The van der Waals surface area contributed by atoms with Gasteiger partial charge in [-0.1, -0.05) is 60.7 Å². The Balaban J connectivity index is 1.37. The average molecular weight is 475 g/mol. The van der Waals surface area contributed by atoms with E-state index in [0.717, 1.165) is 27.8 Å². The van der Waals surface area contributed by atoms with Crippen molar-refractivity contribution >= 4 is 18.0 Å². The summed E-state index contributed by atoms with van der Waals surface area (Å²) in [6.45, 7) is 0.235. The standard InChI is InChI=1S/C27H26N2O6/c1-34-18-12-10-17(11-13-18)15-28-26(32)24(14-25(30)31)29-27(33)35-16-23-21-8-4-2-6-19(21)20-7-3-5-9-22(20)23/h2-13,23-24H,14-16H2,1H3,(H,28,32)(H,29,33)(H,30,31). The van der Waals surface area contributed by atoms with Crippen LogP contribution in [0.3, 0.4) is 0 Å². The predicted molar refractivity (Wildman–Crippen MR) is 129 cm³/mol. The quantitative estimate of drug-likeness (QED) is 0.436. The summed E-state index contributed by atoms with van der Waals surface area (Å²) in [5.41, 5.74) is 5.11.